The van der Waals surface area contributed by atoms with Crippen molar-refractivity contribution in [3.8, 4) is 0 Å². The van der Waals surface area contributed by atoms with Gasteiger partial charge >= 0.3 is 0 Å². The zero-order valence-corrected chi connectivity index (χ0v) is 12.6. The summed E-state index contributed by atoms with van der Waals surface area (Å²) in [5, 5.41) is 13.3. The quantitative estimate of drug-likeness (QED) is 0.892. The van der Waals surface area contributed by atoms with Crippen LogP contribution >= 0.6 is 0 Å². The third-order valence-corrected chi connectivity index (χ3v) is 4.99. The molecule has 0 bridgehead atoms. The second-order valence-corrected chi connectivity index (χ2v) is 6.52. The van der Waals surface area contributed by atoms with Crippen LogP contribution in [0.4, 0.5) is 0 Å². The van der Waals surface area contributed by atoms with Crippen LogP contribution in [0, 0.1) is 5.92 Å². The monoisotopic (exact) mass is 287 g/mol. The second-order valence-electron chi connectivity index (χ2n) is 6.52. The first-order valence-electron chi connectivity index (χ1n) is 8.33. The van der Waals surface area contributed by atoms with E-state index < -0.39 is 6.10 Å². The van der Waals surface area contributed by atoms with Crippen molar-refractivity contribution in [1.29, 1.82) is 0 Å². The largest absolute Gasteiger partial charge is 0.388 e. The van der Waals surface area contributed by atoms with Gasteiger partial charge in [-0.05, 0) is 48.8 Å². The van der Waals surface area contributed by atoms with Crippen LogP contribution in [0.2, 0.25) is 0 Å². The van der Waals surface area contributed by atoms with Gasteiger partial charge in [-0.1, -0.05) is 37.8 Å². The number of fused-ring (bicyclic) bond motifs is 1. The van der Waals surface area contributed by atoms with Crippen LogP contribution < -0.4 is 5.32 Å². The van der Waals surface area contributed by atoms with E-state index >= 15 is 0 Å². The van der Waals surface area contributed by atoms with Crippen molar-refractivity contribution in [3.05, 3.63) is 34.9 Å². The van der Waals surface area contributed by atoms with Gasteiger partial charge in [-0.3, -0.25) is 4.79 Å². The molecule has 1 unspecified atom stereocenters. The zero-order chi connectivity index (χ0) is 14.7. The number of rotatable bonds is 4. The number of aryl methyl sites for hydroxylation is 1. The Morgan fingerprint density at radius 2 is 2.05 bits per heavy atom. The van der Waals surface area contributed by atoms with Crippen LogP contribution in [0.3, 0.4) is 0 Å². The number of carbonyl (C=O) groups is 1. The maximum Gasteiger partial charge on any atom is 0.251 e. The summed E-state index contributed by atoms with van der Waals surface area (Å²) in [7, 11) is 0. The summed E-state index contributed by atoms with van der Waals surface area (Å²) in [6.45, 7) is 0.743. The van der Waals surface area contributed by atoms with E-state index in [-0.39, 0.29) is 5.91 Å². The molecule has 0 saturated heterocycles. The average Bonchev–Trinajstić information content (AvgIpc) is 2.95. The Morgan fingerprint density at radius 3 is 2.86 bits per heavy atom. The molecule has 1 fully saturated rings. The fourth-order valence-electron chi connectivity index (χ4n) is 3.67. The molecule has 1 heterocycles. The number of aliphatic hydroxyl groups is 1. The third-order valence-electron chi connectivity index (χ3n) is 4.99. The summed E-state index contributed by atoms with van der Waals surface area (Å²) >= 11 is 0. The van der Waals surface area contributed by atoms with E-state index in [4.69, 9.17) is 0 Å². The molecule has 2 aliphatic rings. The summed E-state index contributed by atoms with van der Waals surface area (Å²) in [5.41, 5.74) is 2.76. The van der Waals surface area contributed by atoms with E-state index in [1.807, 2.05) is 18.2 Å². The molecule has 1 aromatic rings. The van der Waals surface area contributed by atoms with Gasteiger partial charge in [0.25, 0.3) is 5.91 Å². The number of hydrogen-bond donors (Lipinski definition) is 2. The molecule has 0 aromatic heterocycles. The first-order valence-corrected chi connectivity index (χ1v) is 8.33. The fourth-order valence-corrected chi connectivity index (χ4v) is 3.67. The lowest BCUT2D eigenvalue weighted by Crippen LogP contribution is -2.22. The van der Waals surface area contributed by atoms with Crippen molar-refractivity contribution in [2.45, 2.75) is 57.5 Å². The van der Waals surface area contributed by atoms with E-state index in [1.165, 1.54) is 25.7 Å². The highest BCUT2D eigenvalue weighted by Crippen LogP contribution is 2.32. The second kappa shape index (κ2) is 6.61. The SMILES string of the molecule is O=C1NCCCc2ccc(C(O)CCC3CCCC3)cc21. The molecular weight excluding hydrogens is 262 g/mol. The maximum absolute atomic E-state index is 12.1. The van der Waals surface area contributed by atoms with Crippen LogP contribution in [0.25, 0.3) is 0 Å². The Labute approximate surface area is 126 Å². The number of aliphatic hydroxyl groups excluding tert-OH is 1. The van der Waals surface area contributed by atoms with Gasteiger partial charge in [-0.2, -0.15) is 0 Å². The highest BCUT2D eigenvalue weighted by molar-refractivity contribution is 5.96. The minimum absolute atomic E-state index is 0.00680. The molecule has 2 N–H and O–H groups in total. The minimum atomic E-state index is -0.438. The smallest absolute Gasteiger partial charge is 0.251 e. The van der Waals surface area contributed by atoms with Gasteiger partial charge in [0.2, 0.25) is 0 Å². The summed E-state index contributed by atoms with van der Waals surface area (Å²) in [5.74, 6) is 0.802. The van der Waals surface area contributed by atoms with Gasteiger partial charge in [0.1, 0.15) is 0 Å². The third kappa shape index (κ3) is 3.46. The standard InChI is InChI=1S/C18H25NO2/c20-17(10-7-13-4-1-2-5-13)15-9-8-14-6-3-11-19-18(21)16(14)12-15/h8-9,12-13,17,20H,1-7,10-11H2,(H,19,21). The maximum atomic E-state index is 12.1. The summed E-state index contributed by atoms with van der Waals surface area (Å²) in [6, 6.07) is 5.92. The van der Waals surface area contributed by atoms with Crippen LogP contribution in [0.15, 0.2) is 18.2 Å². The van der Waals surface area contributed by atoms with Gasteiger partial charge in [0.15, 0.2) is 0 Å². The molecule has 0 radical (unpaired) electrons. The molecule has 1 aliphatic carbocycles. The molecular formula is C18H25NO2. The molecule has 1 saturated carbocycles. The highest BCUT2D eigenvalue weighted by Gasteiger charge is 2.20. The molecule has 3 heteroatoms. The number of carbonyl (C=O) groups excluding carboxylic acids is 1. The number of hydrogen-bond acceptors (Lipinski definition) is 2. The van der Waals surface area contributed by atoms with E-state index in [2.05, 4.69) is 5.32 Å². The van der Waals surface area contributed by atoms with Crippen LogP contribution in [-0.2, 0) is 6.42 Å². The molecule has 0 spiro atoms. The number of amides is 1. The van der Waals surface area contributed by atoms with E-state index in [1.54, 1.807) is 0 Å². The van der Waals surface area contributed by atoms with Crippen molar-refractivity contribution in [3.63, 3.8) is 0 Å². The topological polar surface area (TPSA) is 49.3 Å². The number of benzene rings is 1. The fraction of sp³-hybridized carbons (Fsp3) is 0.611. The van der Waals surface area contributed by atoms with E-state index in [0.717, 1.165) is 54.8 Å². The van der Waals surface area contributed by atoms with Crippen LogP contribution in [-0.4, -0.2) is 17.6 Å². The Balaban J connectivity index is 1.68. The minimum Gasteiger partial charge on any atom is -0.388 e. The first-order chi connectivity index (χ1) is 10.2. The first kappa shape index (κ1) is 14.6. The predicted molar refractivity (Wildman–Crippen MR) is 83.2 cm³/mol. The Hall–Kier alpha value is -1.35. The van der Waals surface area contributed by atoms with Gasteiger partial charge in [-0.25, -0.2) is 0 Å². The Bertz CT molecular complexity index is 506. The normalized spacial score (nSPS) is 20.7. The van der Waals surface area contributed by atoms with Crippen molar-refractivity contribution in [1.82, 2.24) is 5.32 Å². The number of nitrogens with one attached hydrogen (secondary N) is 1. The molecule has 1 amide bonds. The molecule has 1 aliphatic heterocycles. The van der Waals surface area contributed by atoms with Crippen LogP contribution in [0.1, 0.15) is 72.5 Å². The van der Waals surface area contributed by atoms with E-state index in [9.17, 15) is 9.90 Å². The van der Waals surface area contributed by atoms with Gasteiger partial charge < -0.3 is 10.4 Å². The van der Waals surface area contributed by atoms with Gasteiger partial charge in [0, 0.05) is 12.1 Å². The highest BCUT2D eigenvalue weighted by atomic mass is 16.3. The van der Waals surface area contributed by atoms with Crippen molar-refractivity contribution in [2.75, 3.05) is 6.54 Å². The summed E-state index contributed by atoms with van der Waals surface area (Å²) < 4.78 is 0. The molecule has 1 aromatic carbocycles. The molecule has 21 heavy (non-hydrogen) atoms. The Kier molecular flexibility index (Phi) is 4.59. The molecule has 1 atom stereocenters. The lowest BCUT2D eigenvalue weighted by atomic mass is 9.93. The Morgan fingerprint density at radius 1 is 1.24 bits per heavy atom. The summed E-state index contributed by atoms with van der Waals surface area (Å²) in [4.78, 5) is 12.1. The average molecular weight is 287 g/mol. The molecule has 114 valence electrons. The lowest BCUT2D eigenvalue weighted by Gasteiger charge is -2.16. The van der Waals surface area contributed by atoms with Crippen molar-refractivity contribution in [2.24, 2.45) is 5.92 Å². The molecule has 3 rings (SSSR count). The zero-order valence-electron chi connectivity index (χ0n) is 12.6. The predicted octanol–water partition coefficient (Wildman–Crippen LogP) is 3.37. The van der Waals surface area contributed by atoms with E-state index in [0.29, 0.717) is 0 Å². The van der Waals surface area contributed by atoms with Gasteiger partial charge in [0.05, 0.1) is 6.10 Å². The van der Waals surface area contributed by atoms with Crippen molar-refractivity contribution < 1.29 is 9.90 Å². The lowest BCUT2D eigenvalue weighted by molar-refractivity contribution is 0.0955. The van der Waals surface area contributed by atoms with Crippen LogP contribution in [0.5, 0.6) is 0 Å². The van der Waals surface area contributed by atoms with Crippen molar-refractivity contribution >= 4 is 5.91 Å². The van der Waals surface area contributed by atoms with Gasteiger partial charge in [-0.15, -0.1) is 0 Å². The summed E-state index contributed by atoms with van der Waals surface area (Å²) in [6.07, 6.45) is 8.73. The molecule has 3 nitrogen and oxygen atoms in total.